The first-order chi connectivity index (χ1) is 8.74. The van der Waals surface area contributed by atoms with E-state index in [-0.39, 0.29) is 0 Å². The molecule has 0 aliphatic heterocycles. The molecule has 86 valence electrons. The number of nitrogens with two attached hydrogens (primary N) is 1. The van der Waals surface area contributed by atoms with E-state index in [0.29, 0.717) is 11.1 Å². The Balaban J connectivity index is 2.27. The summed E-state index contributed by atoms with van der Waals surface area (Å²) < 4.78 is 0. The number of nitrogens with zero attached hydrogens (tertiary/aromatic N) is 3. The van der Waals surface area contributed by atoms with E-state index in [1.54, 1.807) is 48.5 Å². The number of hydrogen-bond acceptors (Lipinski definition) is 4. The zero-order valence-corrected chi connectivity index (χ0v) is 9.54. The predicted octanol–water partition coefficient (Wildman–Crippen LogP) is 2.44. The van der Waals surface area contributed by atoms with E-state index < -0.39 is 0 Å². The molecule has 0 heterocycles. The summed E-state index contributed by atoms with van der Waals surface area (Å²) in [6.45, 7) is 0. The van der Waals surface area contributed by atoms with Crippen LogP contribution in [0.4, 0.5) is 11.4 Å². The minimum atomic E-state index is 0.590. The lowest BCUT2D eigenvalue weighted by Crippen LogP contribution is -2.24. The maximum absolute atomic E-state index is 8.72. The van der Waals surface area contributed by atoms with Gasteiger partial charge in [0, 0.05) is 0 Å². The van der Waals surface area contributed by atoms with Crippen molar-refractivity contribution in [2.24, 2.45) is 5.84 Å². The molecule has 0 amide bonds. The van der Waals surface area contributed by atoms with Gasteiger partial charge < -0.3 is 0 Å². The lowest BCUT2D eigenvalue weighted by Gasteiger charge is -2.18. The molecule has 4 heteroatoms. The summed E-state index contributed by atoms with van der Waals surface area (Å²) in [5.74, 6) is 5.97. The lowest BCUT2D eigenvalue weighted by molar-refractivity contribution is 1.09. The van der Waals surface area contributed by atoms with E-state index in [1.165, 1.54) is 5.01 Å². The molecule has 0 atom stereocenters. The largest absolute Gasteiger partial charge is 0.280 e. The molecule has 0 spiro atoms. The molecule has 2 N–H and O–H groups in total. The molecular weight excluding hydrogens is 224 g/mol. The van der Waals surface area contributed by atoms with E-state index in [1.807, 2.05) is 0 Å². The fraction of sp³-hybridized carbons (Fsp3) is 0. The molecule has 4 nitrogen and oxygen atoms in total. The highest BCUT2D eigenvalue weighted by atomic mass is 15.4. The third-order valence-corrected chi connectivity index (χ3v) is 2.55. The van der Waals surface area contributed by atoms with E-state index >= 15 is 0 Å². The maximum Gasteiger partial charge on any atom is 0.0991 e. The standard InChI is InChI=1S/C14H10N4/c15-9-11-1-5-13(6-2-11)18(17)14-7-3-12(10-16)4-8-14/h1-8H,17H2. The zero-order chi connectivity index (χ0) is 13.0. The van der Waals surface area contributed by atoms with Crippen LogP contribution >= 0.6 is 0 Å². The SMILES string of the molecule is N#Cc1ccc(N(N)c2ccc(C#N)cc2)cc1. The van der Waals surface area contributed by atoms with Crippen LogP contribution in [0.5, 0.6) is 0 Å². The quantitative estimate of drug-likeness (QED) is 0.639. The van der Waals surface area contributed by atoms with Gasteiger partial charge in [0.25, 0.3) is 0 Å². The van der Waals surface area contributed by atoms with Gasteiger partial charge in [0.2, 0.25) is 0 Å². The van der Waals surface area contributed by atoms with Crippen molar-refractivity contribution in [3.63, 3.8) is 0 Å². The number of hydrazine groups is 1. The van der Waals surface area contributed by atoms with Gasteiger partial charge in [-0.25, -0.2) is 5.84 Å². The van der Waals surface area contributed by atoms with Crippen LogP contribution in [0, 0.1) is 22.7 Å². The summed E-state index contributed by atoms with van der Waals surface area (Å²) in [6.07, 6.45) is 0. The van der Waals surface area contributed by atoms with Gasteiger partial charge in [0.15, 0.2) is 0 Å². The zero-order valence-electron chi connectivity index (χ0n) is 9.54. The Labute approximate surface area is 105 Å². The Bertz CT molecular complexity index is 557. The summed E-state index contributed by atoms with van der Waals surface area (Å²) in [5.41, 5.74) is 2.73. The van der Waals surface area contributed by atoms with Gasteiger partial charge in [-0.15, -0.1) is 0 Å². The van der Waals surface area contributed by atoms with E-state index in [0.717, 1.165) is 11.4 Å². The van der Waals surface area contributed by atoms with Crippen molar-refractivity contribution in [2.45, 2.75) is 0 Å². The minimum absolute atomic E-state index is 0.590. The molecule has 0 saturated heterocycles. The van der Waals surface area contributed by atoms with Crippen molar-refractivity contribution in [2.75, 3.05) is 5.01 Å². The lowest BCUT2D eigenvalue weighted by atomic mass is 10.2. The number of benzene rings is 2. The third kappa shape index (κ3) is 2.30. The number of nitriles is 2. The second kappa shape index (κ2) is 5.01. The van der Waals surface area contributed by atoms with Gasteiger partial charge in [-0.2, -0.15) is 10.5 Å². The first-order valence-electron chi connectivity index (χ1n) is 5.30. The summed E-state index contributed by atoms with van der Waals surface area (Å²) in [4.78, 5) is 0. The minimum Gasteiger partial charge on any atom is -0.280 e. The van der Waals surface area contributed by atoms with Gasteiger partial charge >= 0.3 is 0 Å². The van der Waals surface area contributed by atoms with Crippen molar-refractivity contribution in [3.05, 3.63) is 59.7 Å². The Morgan fingerprint density at radius 2 is 1.06 bits per heavy atom. The average Bonchev–Trinajstić information content (AvgIpc) is 2.47. The van der Waals surface area contributed by atoms with Gasteiger partial charge in [0.1, 0.15) is 0 Å². The van der Waals surface area contributed by atoms with Crippen molar-refractivity contribution in [1.29, 1.82) is 10.5 Å². The molecule has 0 aromatic heterocycles. The van der Waals surface area contributed by atoms with Gasteiger partial charge in [-0.05, 0) is 48.5 Å². The van der Waals surface area contributed by atoms with Crippen LogP contribution < -0.4 is 10.9 Å². The first kappa shape index (κ1) is 11.7. The molecule has 0 aliphatic carbocycles. The molecule has 18 heavy (non-hydrogen) atoms. The van der Waals surface area contributed by atoms with Crippen LogP contribution in [0.1, 0.15) is 11.1 Å². The monoisotopic (exact) mass is 234 g/mol. The number of hydrogen-bond donors (Lipinski definition) is 1. The van der Waals surface area contributed by atoms with Gasteiger partial charge in [-0.3, -0.25) is 5.01 Å². The first-order valence-corrected chi connectivity index (χ1v) is 5.30. The number of rotatable bonds is 2. The van der Waals surface area contributed by atoms with Crippen LogP contribution in [0.3, 0.4) is 0 Å². The highest BCUT2D eigenvalue weighted by molar-refractivity contribution is 5.62. The van der Waals surface area contributed by atoms with Crippen molar-refractivity contribution in [1.82, 2.24) is 0 Å². The van der Waals surface area contributed by atoms with E-state index in [4.69, 9.17) is 16.4 Å². The topological polar surface area (TPSA) is 76.8 Å². The summed E-state index contributed by atoms with van der Waals surface area (Å²) in [6, 6.07) is 18.0. The molecule has 0 saturated carbocycles. The average molecular weight is 234 g/mol. The van der Waals surface area contributed by atoms with E-state index in [2.05, 4.69) is 12.1 Å². The Hall–Kier alpha value is -2.82. The Morgan fingerprint density at radius 1 is 0.722 bits per heavy atom. The summed E-state index contributed by atoms with van der Waals surface area (Å²) in [5, 5.41) is 18.9. The normalized spacial score (nSPS) is 9.28. The highest BCUT2D eigenvalue weighted by Crippen LogP contribution is 2.22. The van der Waals surface area contributed by atoms with Gasteiger partial charge in [0.05, 0.1) is 34.6 Å². The summed E-state index contributed by atoms with van der Waals surface area (Å²) >= 11 is 0. The molecular formula is C14H10N4. The molecule has 0 radical (unpaired) electrons. The van der Waals surface area contributed by atoms with E-state index in [9.17, 15) is 0 Å². The van der Waals surface area contributed by atoms with Crippen LogP contribution in [-0.4, -0.2) is 0 Å². The Morgan fingerprint density at radius 3 is 1.33 bits per heavy atom. The Kier molecular flexibility index (Phi) is 3.24. The van der Waals surface area contributed by atoms with Crippen LogP contribution in [0.25, 0.3) is 0 Å². The molecule has 0 aliphatic rings. The molecule has 0 bridgehead atoms. The van der Waals surface area contributed by atoms with Gasteiger partial charge in [-0.1, -0.05) is 0 Å². The fourth-order valence-corrected chi connectivity index (χ4v) is 1.54. The van der Waals surface area contributed by atoms with Crippen LogP contribution in [0.15, 0.2) is 48.5 Å². The molecule has 2 aromatic rings. The second-order valence-electron chi connectivity index (χ2n) is 3.69. The fourth-order valence-electron chi connectivity index (χ4n) is 1.54. The van der Waals surface area contributed by atoms with Crippen molar-refractivity contribution in [3.8, 4) is 12.1 Å². The van der Waals surface area contributed by atoms with Crippen LogP contribution in [-0.2, 0) is 0 Å². The van der Waals surface area contributed by atoms with Crippen molar-refractivity contribution < 1.29 is 0 Å². The molecule has 0 unspecified atom stereocenters. The molecule has 0 fully saturated rings. The maximum atomic E-state index is 8.72. The highest BCUT2D eigenvalue weighted by Gasteiger charge is 2.04. The molecule has 2 aromatic carbocycles. The number of anilines is 2. The smallest absolute Gasteiger partial charge is 0.0991 e. The van der Waals surface area contributed by atoms with Crippen molar-refractivity contribution >= 4 is 11.4 Å². The van der Waals surface area contributed by atoms with Crippen LogP contribution in [0.2, 0.25) is 0 Å². The summed E-state index contributed by atoms with van der Waals surface area (Å²) in [7, 11) is 0. The third-order valence-electron chi connectivity index (χ3n) is 2.55. The molecule has 2 rings (SSSR count). The second-order valence-corrected chi connectivity index (χ2v) is 3.69. The predicted molar refractivity (Wildman–Crippen MR) is 68.6 cm³/mol.